The number of hydrogen-bond donors (Lipinski definition) is 0. The molecule has 0 aliphatic carbocycles. The van der Waals surface area contributed by atoms with Crippen LogP contribution in [0.4, 0.5) is 0 Å². The number of aliphatic imine (C=N–C) groups is 1. The summed E-state index contributed by atoms with van der Waals surface area (Å²) in [6, 6.07) is 8.46. The van der Waals surface area contributed by atoms with Gasteiger partial charge in [-0.2, -0.15) is 0 Å². The van der Waals surface area contributed by atoms with Crippen molar-refractivity contribution in [2.45, 2.75) is 13.8 Å². The summed E-state index contributed by atoms with van der Waals surface area (Å²) in [5.74, 6) is 1.05. The zero-order chi connectivity index (χ0) is 10.6. The summed E-state index contributed by atoms with van der Waals surface area (Å²) in [6.07, 6.45) is 0. The van der Waals surface area contributed by atoms with E-state index in [9.17, 15) is 0 Å². The van der Waals surface area contributed by atoms with Gasteiger partial charge in [0, 0.05) is 26.2 Å². The Bertz CT molecular complexity index is 310. The average Bonchev–Trinajstić information content (AvgIpc) is 2.15. The fraction of sp³-hybridized carbons (Fsp3) is 0.417. The molecule has 0 heterocycles. The lowest BCUT2D eigenvalue weighted by molar-refractivity contribution is 0.620. The first-order valence-electron chi connectivity index (χ1n) is 4.94. The molecule has 0 spiro atoms. The van der Waals surface area contributed by atoms with Gasteiger partial charge in [0.1, 0.15) is 5.84 Å². The summed E-state index contributed by atoms with van der Waals surface area (Å²) in [5.41, 5.74) is 2.46. The van der Waals surface area contributed by atoms with E-state index in [4.69, 9.17) is 0 Å². The largest absolute Gasteiger partial charge is 0.363 e. The molecule has 0 fully saturated rings. The molecule has 0 N–H and O–H groups in total. The van der Waals surface area contributed by atoms with Crippen molar-refractivity contribution in [2.75, 3.05) is 20.6 Å². The molecule has 0 saturated heterocycles. The van der Waals surface area contributed by atoms with Gasteiger partial charge in [0.15, 0.2) is 0 Å². The van der Waals surface area contributed by atoms with Gasteiger partial charge in [-0.05, 0) is 13.8 Å². The third-order valence-electron chi connectivity index (χ3n) is 2.04. The van der Waals surface area contributed by atoms with Crippen LogP contribution in [0.25, 0.3) is 0 Å². The average molecular weight is 190 g/mol. The SMILES string of the molecule is CCN=C(c1ccc(C)cc1)N(C)C. The molecule has 1 rings (SSSR count). The maximum absolute atomic E-state index is 4.47. The van der Waals surface area contributed by atoms with E-state index in [0.717, 1.165) is 12.4 Å². The van der Waals surface area contributed by atoms with Gasteiger partial charge in [-0.25, -0.2) is 0 Å². The standard InChI is InChI=1S/C12H18N2/c1-5-13-12(14(3)4)11-8-6-10(2)7-9-11/h6-9H,5H2,1-4H3. The van der Waals surface area contributed by atoms with E-state index in [1.807, 2.05) is 19.0 Å². The lowest BCUT2D eigenvalue weighted by Gasteiger charge is -2.15. The summed E-state index contributed by atoms with van der Waals surface area (Å²) in [7, 11) is 4.04. The molecule has 0 amide bonds. The Kier molecular flexibility index (Phi) is 3.69. The highest BCUT2D eigenvalue weighted by atomic mass is 15.1. The van der Waals surface area contributed by atoms with Crippen LogP contribution in [0.3, 0.4) is 0 Å². The molecule has 1 aromatic rings. The molecule has 0 aliphatic rings. The molecule has 1 aromatic carbocycles. The van der Waals surface area contributed by atoms with E-state index in [0.29, 0.717) is 0 Å². The maximum Gasteiger partial charge on any atom is 0.130 e. The van der Waals surface area contributed by atoms with E-state index in [-0.39, 0.29) is 0 Å². The minimum absolute atomic E-state index is 0.821. The van der Waals surface area contributed by atoms with Crippen molar-refractivity contribution in [1.29, 1.82) is 0 Å². The predicted octanol–water partition coefficient (Wildman–Crippen LogP) is 2.32. The molecule has 0 saturated carbocycles. The van der Waals surface area contributed by atoms with Gasteiger partial charge in [-0.1, -0.05) is 29.8 Å². The Morgan fingerprint density at radius 3 is 2.21 bits per heavy atom. The monoisotopic (exact) mass is 190 g/mol. The van der Waals surface area contributed by atoms with Crippen LogP contribution in [0.15, 0.2) is 29.3 Å². The van der Waals surface area contributed by atoms with Gasteiger partial charge < -0.3 is 4.90 Å². The van der Waals surface area contributed by atoms with E-state index >= 15 is 0 Å². The van der Waals surface area contributed by atoms with Crippen molar-refractivity contribution >= 4 is 5.84 Å². The minimum atomic E-state index is 0.821. The summed E-state index contributed by atoms with van der Waals surface area (Å²) in [5, 5.41) is 0. The van der Waals surface area contributed by atoms with Crippen molar-refractivity contribution in [2.24, 2.45) is 4.99 Å². The molecule has 2 heteroatoms. The number of nitrogens with zero attached hydrogens (tertiary/aromatic N) is 2. The van der Waals surface area contributed by atoms with Crippen LogP contribution in [0.5, 0.6) is 0 Å². The first-order chi connectivity index (χ1) is 6.65. The third kappa shape index (κ3) is 2.59. The summed E-state index contributed by atoms with van der Waals surface area (Å²) in [6.45, 7) is 4.97. The fourth-order valence-corrected chi connectivity index (χ4v) is 1.34. The summed E-state index contributed by atoms with van der Waals surface area (Å²) in [4.78, 5) is 6.52. The second kappa shape index (κ2) is 4.80. The van der Waals surface area contributed by atoms with E-state index in [1.165, 1.54) is 11.1 Å². The molecule has 0 aromatic heterocycles. The molecule has 14 heavy (non-hydrogen) atoms. The van der Waals surface area contributed by atoms with Gasteiger partial charge in [-0.15, -0.1) is 0 Å². The number of aryl methyl sites for hydroxylation is 1. The van der Waals surface area contributed by atoms with E-state index in [1.54, 1.807) is 0 Å². The van der Waals surface area contributed by atoms with E-state index in [2.05, 4.69) is 43.1 Å². The van der Waals surface area contributed by atoms with E-state index < -0.39 is 0 Å². The molecule has 0 unspecified atom stereocenters. The van der Waals surface area contributed by atoms with Crippen molar-refractivity contribution < 1.29 is 0 Å². The van der Waals surface area contributed by atoms with Crippen LogP contribution in [0.2, 0.25) is 0 Å². The number of benzene rings is 1. The second-order valence-electron chi connectivity index (χ2n) is 3.56. The van der Waals surface area contributed by atoms with Crippen LogP contribution < -0.4 is 0 Å². The highest BCUT2D eigenvalue weighted by molar-refractivity contribution is 5.98. The quantitative estimate of drug-likeness (QED) is 0.516. The van der Waals surface area contributed by atoms with Crippen molar-refractivity contribution in [3.8, 4) is 0 Å². The third-order valence-corrected chi connectivity index (χ3v) is 2.04. The highest BCUT2D eigenvalue weighted by Crippen LogP contribution is 2.06. The topological polar surface area (TPSA) is 15.6 Å². The fourth-order valence-electron chi connectivity index (χ4n) is 1.34. The zero-order valence-electron chi connectivity index (χ0n) is 9.41. The number of rotatable bonds is 2. The maximum atomic E-state index is 4.47. The zero-order valence-corrected chi connectivity index (χ0v) is 9.41. The lowest BCUT2D eigenvalue weighted by atomic mass is 10.1. The Hall–Kier alpha value is -1.31. The smallest absolute Gasteiger partial charge is 0.130 e. The summed E-state index contributed by atoms with van der Waals surface area (Å²) < 4.78 is 0. The first kappa shape index (κ1) is 10.8. The lowest BCUT2D eigenvalue weighted by Crippen LogP contribution is -2.23. The molecule has 0 bridgehead atoms. The molecule has 2 nitrogen and oxygen atoms in total. The molecule has 0 aliphatic heterocycles. The van der Waals surface area contributed by atoms with Crippen LogP contribution in [0.1, 0.15) is 18.1 Å². The molecular weight excluding hydrogens is 172 g/mol. The van der Waals surface area contributed by atoms with Gasteiger partial charge >= 0.3 is 0 Å². The molecule has 76 valence electrons. The molecule has 0 radical (unpaired) electrons. The number of hydrogen-bond acceptors (Lipinski definition) is 1. The Balaban J connectivity index is 3.00. The van der Waals surface area contributed by atoms with Gasteiger partial charge in [0.2, 0.25) is 0 Å². The molecule has 0 atom stereocenters. The molecular formula is C12H18N2. The van der Waals surface area contributed by atoms with Gasteiger partial charge in [0.25, 0.3) is 0 Å². The van der Waals surface area contributed by atoms with Crippen LogP contribution >= 0.6 is 0 Å². The van der Waals surface area contributed by atoms with Crippen molar-refractivity contribution in [3.63, 3.8) is 0 Å². The van der Waals surface area contributed by atoms with Crippen LogP contribution in [-0.4, -0.2) is 31.4 Å². The number of amidine groups is 1. The van der Waals surface area contributed by atoms with Crippen molar-refractivity contribution in [1.82, 2.24) is 4.90 Å². The van der Waals surface area contributed by atoms with Gasteiger partial charge in [-0.3, -0.25) is 4.99 Å². The van der Waals surface area contributed by atoms with Crippen molar-refractivity contribution in [3.05, 3.63) is 35.4 Å². The predicted molar refractivity (Wildman–Crippen MR) is 61.9 cm³/mol. The Labute approximate surface area is 86.3 Å². The Morgan fingerprint density at radius 1 is 1.21 bits per heavy atom. The second-order valence-corrected chi connectivity index (χ2v) is 3.56. The van der Waals surface area contributed by atoms with Crippen LogP contribution in [-0.2, 0) is 0 Å². The highest BCUT2D eigenvalue weighted by Gasteiger charge is 2.03. The van der Waals surface area contributed by atoms with Gasteiger partial charge in [0.05, 0.1) is 0 Å². The Morgan fingerprint density at radius 2 is 1.79 bits per heavy atom. The normalized spacial score (nSPS) is 11.6. The van der Waals surface area contributed by atoms with Crippen LogP contribution in [0, 0.1) is 6.92 Å². The first-order valence-corrected chi connectivity index (χ1v) is 4.94. The minimum Gasteiger partial charge on any atom is -0.363 e. The summed E-state index contributed by atoms with van der Waals surface area (Å²) >= 11 is 0.